The predicted octanol–water partition coefficient (Wildman–Crippen LogP) is 0.948. The van der Waals surface area contributed by atoms with E-state index in [1.54, 1.807) is 0 Å². The maximum atomic E-state index is 16.1. The molecule has 7 aliphatic heterocycles. The molecule has 5 aromatic rings. The number of aromatic hydroxyl groups is 3. The number of hydrogen-bond acceptors (Lipinski definition) is 26. The SMILES string of the molecule is CN[C@H](CC(C)C)C(=O)N[C@H]1C(=O)N[C@@H](CC(N)=O)C(=O)N[C@H]2C(=O)N[C@H]3C(=O)N[C@H](C(=O)N[C@H](C(=O)O)c4cc(O)cc(O)c4-c4cc3ccc4O)[C@H](O[C@H]3C[C@](C)(N)C(=O)[C@H](C)O3)c3ccc(c(Cl)c3)Oc3cc2cc(c3O[C@@H]2O[C@H](CO)[C@@H](O)[C@H](O)[C@H]2O)Oc2ccc(cc2Cl)[C@H]1O.O=C(O)C(F)(F)F. The zero-order valence-electron chi connectivity index (χ0n) is 57.2. The Labute approximate surface area is 618 Å². The number of aliphatic hydroxyl groups excluding tert-OH is 5. The number of hydrogen-bond donors (Lipinski definition) is 19. The van der Waals surface area contributed by atoms with Crippen LogP contribution in [0.25, 0.3) is 11.1 Å². The number of aliphatic hydroxyl groups is 5. The minimum Gasteiger partial charge on any atom is -0.508 e. The number of likely N-dealkylation sites (N-methyl/N-ethyl adjacent to an activating group) is 1. The third kappa shape index (κ3) is 18.1. The Kier molecular flexibility index (Phi) is 25.1. The Morgan fingerprint density at radius 3 is 1.86 bits per heavy atom. The van der Waals surface area contributed by atoms with E-state index in [0.717, 1.165) is 60.7 Å². The Hall–Kier alpha value is -10.2. The average molecular weight is 1560 g/mol. The molecule has 0 spiro atoms. The van der Waals surface area contributed by atoms with Crippen LogP contribution in [0.4, 0.5) is 13.2 Å². The fourth-order valence-corrected chi connectivity index (χ4v) is 12.8. The van der Waals surface area contributed by atoms with Crippen LogP contribution >= 0.6 is 23.2 Å². The number of Topliss-reactive ketones (excluding diaryl/α,β-unsaturated/α-hetero) is 1. The number of primary amides is 1. The highest BCUT2D eigenvalue weighted by Crippen LogP contribution is 2.50. The first-order chi connectivity index (χ1) is 50.6. The molecule has 12 rings (SSSR count). The summed E-state index contributed by atoms with van der Waals surface area (Å²) in [5.41, 5.74) is 7.78. The second-order valence-corrected chi connectivity index (χ2v) is 27.1. The van der Waals surface area contributed by atoms with Crippen molar-refractivity contribution in [3.8, 4) is 57.1 Å². The lowest BCUT2D eigenvalue weighted by Crippen LogP contribution is -2.60. The third-order valence-corrected chi connectivity index (χ3v) is 18.4. The van der Waals surface area contributed by atoms with Crippen LogP contribution in [0.15, 0.2) is 78.9 Å². The molecule has 0 unspecified atom stereocenters. The Morgan fingerprint density at radius 1 is 0.713 bits per heavy atom. The number of nitrogens with one attached hydrogen (secondary N) is 7. The molecule has 21 N–H and O–H groups in total. The standard InChI is InChI=1S/C66H73Cl2N9O24.C2HF3O2/c1-23(2)12-34(71-5)58(88)76-49-51(83)26-7-10-38(32(67)14-26)97-40-16-28-17-41(56(40)101-65-54(86)53(85)52(84)42(22-78)99-65)98-39-11-8-27(15-33(39)68)55(100-44-21-66(4,70)57(87)24(3)96-44)50-63(93)75-48(64(94)95)31-18-29(79)19-37(81)45(31)30-13-25(6-9-36(30)80)46(60(90)77-50)74-61(91)47(28)73-59(89)35(20-43(69)82)72-62(49)92;3-2(4,5)1(6)7/h6-11,13-19,23-24,34-35,42,44,46-55,65,71,78-81,83-86H,12,20-22,70H2,1-5H3,(H2,69,82)(H,72,92)(H,73,89)(H,74,91)(H,75,93)(H,76,88)(H,77,90)(H,94,95);(H,6,7)/t24-,34+,35-,42+,44-,46+,47+,48-,49+,50-,51+,52+,53-,54+,55+,65-,66-;/m0./s1. The lowest BCUT2D eigenvalue weighted by molar-refractivity contribution is -0.277. The molecule has 2 fully saturated rings. The zero-order valence-corrected chi connectivity index (χ0v) is 58.7. The van der Waals surface area contributed by atoms with Crippen LogP contribution in [0.2, 0.25) is 10.0 Å². The number of nitrogens with two attached hydrogens (primary N) is 2. The third-order valence-electron chi connectivity index (χ3n) is 17.8. The molecule has 7 aliphatic rings. The number of carboxylic acids is 2. The molecule has 582 valence electrons. The number of amides is 7. The van der Waals surface area contributed by atoms with Crippen LogP contribution in [-0.2, 0) is 62.2 Å². The van der Waals surface area contributed by atoms with E-state index in [-0.39, 0.29) is 39.8 Å². The first-order valence-electron chi connectivity index (χ1n) is 32.7. The monoisotopic (exact) mass is 1560 g/mol. The first kappa shape index (κ1) is 81.8. The fourth-order valence-electron chi connectivity index (χ4n) is 12.4. The van der Waals surface area contributed by atoms with E-state index >= 15 is 19.2 Å². The molecule has 35 nitrogen and oxygen atoms in total. The summed E-state index contributed by atoms with van der Waals surface area (Å²) in [5, 5.41) is 125. The van der Waals surface area contributed by atoms with Gasteiger partial charge in [0.1, 0.15) is 102 Å². The van der Waals surface area contributed by atoms with Crippen molar-refractivity contribution >= 4 is 82.3 Å². The number of phenols is 3. The Balaban J connectivity index is 0.00000183. The molecule has 11 bridgehead atoms. The van der Waals surface area contributed by atoms with Gasteiger partial charge in [0.2, 0.25) is 53.4 Å². The molecule has 0 aliphatic carbocycles. The van der Waals surface area contributed by atoms with Gasteiger partial charge in [-0.25, -0.2) is 9.59 Å². The number of phenolic OH excluding ortho intramolecular Hbond substituents is 3. The predicted molar refractivity (Wildman–Crippen MR) is 362 cm³/mol. The number of carbonyl (C=O) groups excluding carboxylic acids is 8. The first-order valence-corrected chi connectivity index (χ1v) is 33.5. The van der Waals surface area contributed by atoms with Crippen molar-refractivity contribution < 1.29 is 141 Å². The number of rotatable bonds is 13. The summed E-state index contributed by atoms with van der Waals surface area (Å²) >= 11 is 14.2. The van der Waals surface area contributed by atoms with E-state index in [1.165, 1.54) is 39.1 Å². The summed E-state index contributed by atoms with van der Waals surface area (Å²) in [6, 6.07) is -0.561. The van der Waals surface area contributed by atoms with Gasteiger partial charge >= 0.3 is 18.1 Å². The van der Waals surface area contributed by atoms with Gasteiger partial charge in [-0.1, -0.05) is 55.2 Å². The summed E-state index contributed by atoms with van der Waals surface area (Å²) in [6.07, 6.45) is -23.2. The Morgan fingerprint density at radius 2 is 1.30 bits per heavy atom. The summed E-state index contributed by atoms with van der Waals surface area (Å²) < 4.78 is 69.5. The van der Waals surface area contributed by atoms with Crippen LogP contribution in [-0.4, -0.2) is 203 Å². The van der Waals surface area contributed by atoms with Crippen LogP contribution in [0, 0.1) is 5.92 Å². The minimum absolute atomic E-state index is 0.0975. The van der Waals surface area contributed by atoms with Crippen molar-refractivity contribution in [1.29, 1.82) is 0 Å². The summed E-state index contributed by atoms with van der Waals surface area (Å²) in [4.78, 5) is 141. The molecule has 7 amide bonds. The highest BCUT2D eigenvalue weighted by molar-refractivity contribution is 6.32. The molecule has 0 aromatic heterocycles. The van der Waals surface area contributed by atoms with E-state index in [9.17, 15) is 83.1 Å². The molecule has 0 saturated carbocycles. The van der Waals surface area contributed by atoms with Gasteiger partial charge in [-0.15, -0.1) is 0 Å². The molecule has 17 atom stereocenters. The zero-order chi connectivity index (χ0) is 79.6. The maximum absolute atomic E-state index is 16.1. The highest BCUT2D eigenvalue weighted by Gasteiger charge is 2.49. The van der Waals surface area contributed by atoms with E-state index in [0.29, 0.717) is 0 Å². The van der Waals surface area contributed by atoms with Crippen LogP contribution < -0.4 is 62.9 Å². The molecular formula is C68H74Cl2F3N9O26. The van der Waals surface area contributed by atoms with Crippen LogP contribution in [0.1, 0.15) is 105 Å². The normalized spacial score (nSPS) is 27.6. The smallest absolute Gasteiger partial charge is 0.490 e. The molecule has 7 heterocycles. The fraction of sp³-hybridized carbons (Fsp3) is 0.412. The summed E-state index contributed by atoms with van der Waals surface area (Å²) in [7, 11) is 1.47. The van der Waals surface area contributed by atoms with Crippen molar-refractivity contribution in [2.24, 2.45) is 17.4 Å². The summed E-state index contributed by atoms with van der Waals surface area (Å²) in [5.74, 6) is -19.4. The minimum atomic E-state index is -5.08. The number of ketones is 1. The molecule has 2 saturated heterocycles. The Bertz CT molecular complexity index is 4360. The number of carboxylic acid groups (broad SMARTS) is 2. The van der Waals surface area contributed by atoms with Crippen LogP contribution in [0.5, 0.6) is 46.0 Å². The second-order valence-electron chi connectivity index (χ2n) is 26.3. The van der Waals surface area contributed by atoms with Gasteiger partial charge in [-0.3, -0.25) is 38.4 Å². The number of alkyl halides is 3. The van der Waals surface area contributed by atoms with Gasteiger partial charge < -0.3 is 128 Å². The van der Waals surface area contributed by atoms with Crippen molar-refractivity contribution in [3.63, 3.8) is 0 Å². The maximum Gasteiger partial charge on any atom is 0.490 e. The van der Waals surface area contributed by atoms with Crippen molar-refractivity contribution in [3.05, 3.63) is 117 Å². The van der Waals surface area contributed by atoms with Gasteiger partial charge in [-0.05, 0) is 110 Å². The van der Waals surface area contributed by atoms with Crippen LogP contribution in [0.3, 0.4) is 0 Å². The highest BCUT2D eigenvalue weighted by atomic mass is 35.5. The van der Waals surface area contributed by atoms with Gasteiger partial charge in [0.25, 0.3) is 0 Å². The van der Waals surface area contributed by atoms with E-state index in [2.05, 4.69) is 37.2 Å². The number of ether oxygens (including phenoxy) is 6. The van der Waals surface area contributed by atoms with Gasteiger partial charge in [0, 0.05) is 29.2 Å². The van der Waals surface area contributed by atoms with E-state index in [1.807, 2.05) is 13.8 Å². The number of fused-ring (bicyclic) bond motifs is 15. The van der Waals surface area contributed by atoms with Gasteiger partial charge in [-0.2, -0.15) is 13.2 Å². The molecule has 5 aromatic carbocycles. The van der Waals surface area contributed by atoms with Gasteiger partial charge in [0.15, 0.2) is 29.6 Å². The average Bonchev–Trinajstić information content (AvgIpc) is 0.768. The van der Waals surface area contributed by atoms with Gasteiger partial charge in [0.05, 0.1) is 34.7 Å². The summed E-state index contributed by atoms with van der Waals surface area (Å²) in [6.45, 7) is 5.40. The van der Waals surface area contributed by atoms with E-state index < -0.39 is 255 Å². The quantitative estimate of drug-likeness (QED) is 0.0780. The molecule has 0 radical (unpaired) electrons. The van der Waals surface area contributed by atoms with Crippen molar-refractivity contribution in [2.75, 3.05) is 13.7 Å². The molecular weight excluding hydrogens is 1490 g/mol. The number of benzene rings is 5. The van der Waals surface area contributed by atoms with E-state index in [4.69, 9.17) is 73.0 Å². The molecule has 40 heteroatoms. The number of halogens is 5. The largest absolute Gasteiger partial charge is 0.508 e. The number of aliphatic carboxylic acids is 2. The topological polar surface area (TPSA) is 565 Å². The second kappa shape index (κ2) is 33.1. The van der Waals surface area contributed by atoms with Crippen molar-refractivity contribution in [2.45, 2.75) is 156 Å². The lowest BCUT2D eigenvalue weighted by atomic mass is 9.88. The van der Waals surface area contributed by atoms with Crippen molar-refractivity contribution in [1.82, 2.24) is 37.2 Å². The number of carbonyl (C=O) groups is 10. The molecule has 108 heavy (non-hydrogen) atoms. The lowest BCUT2D eigenvalue weighted by Gasteiger charge is -2.40.